The zero-order valence-electron chi connectivity index (χ0n) is 16.3. The molecule has 3 aromatic rings. The molecule has 0 fully saturated rings. The molecule has 2 aromatic carbocycles. The van der Waals surface area contributed by atoms with Crippen molar-refractivity contribution in [2.24, 2.45) is 0 Å². The number of aromatic nitrogens is 2. The van der Waals surface area contributed by atoms with Gasteiger partial charge in [-0.2, -0.15) is 0 Å². The van der Waals surface area contributed by atoms with Gasteiger partial charge < -0.3 is 10.1 Å². The Hall–Kier alpha value is -3.36. The first kappa shape index (κ1) is 21.4. The maximum absolute atomic E-state index is 12.3. The number of para-hydroxylation sites is 1. The molecule has 9 heteroatoms. The number of hydrogen-bond acceptors (Lipinski definition) is 5. The maximum Gasteiger partial charge on any atom is 0.414 e. The summed E-state index contributed by atoms with van der Waals surface area (Å²) in [7, 11) is 1.52. The summed E-state index contributed by atoms with van der Waals surface area (Å²) >= 11 is 6.16. The van der Waals surface area contributed by atoms with Gasteiger partial charge in [0.1, 0.15) is 0 Å². The molecule has 1 heterocycles. The Balaban J connectivity index is 1.60. The molecule has 1 aromatic heterocycles. The minimum Gasteiger partial charge on any atom is -0.430 e. The van der Waals surface area contributed by atoms with Gasteiger partial charge >= 0.3 is 6.09 Å². The fourth-order valence-electron chi connectivity index (χ4n) is 2.67. The normalized spacial score (nSPS) is 11.5. The molecule has 0 saturated carbocycles. The van der Waals surface area contributed by atoms with Gasteiger partial charge in [0.15, 0.2) is 12.0 Å². The smallest absolute Gasteiger partial charge is 0.414 e. The number of benzene rings is 2. The summed E-state index contributed by atoms with van der Waals surface area (Å²) in [6.07, 6.45) is 0.0985. The van der Waals surface area contributed by atoms with Crippen LogP contribution in [0, 0.1) is 0 Å². The van der Waals surface area contributed by atoms with Gasteiger partial charge in [0.05, 0.1) is 12.1 Å². The monoisotopic (exact) mass is 427 g/mol. The zero-order chi connectivity index (χ0) is 21.3. The molecule has 2 amide bonds. The van der Waals surface area contributed by atoms with E-state index in [2.05, 4.69) is 21.0 Å². The molecule has 156 valence electrons. The van der Waals surface area contributed by atoms with Crippen molar-refractivity contribution in [2.75, 3.05) is 12.4 Å². The lowest BCUT2D eigenvalue weighted by Crippen LogP contribution is -2.39. The first-order valence-corrected chi connectivity index (χ1v) is 9.69. The highest BCUT2D eigenvalue weighted by molar-refractivity contribution is 6.31. The number of anilines is 1. The van der Waals surface area contributed by atoms with Gasteiger partial charge in [-0.3, -0.25) is 15.4 Å². The molecule has 30 heavy (non-hydrogen) atoms. The predicted octanol–water partition coefficient (Wildman–Crippen LogP) is 3.33. The molecule has 1 unspecified atom stereocenters. The fraction of sp³-hybridized carbons (Fsp3) is 0.190. The van der Waals surface area contributed by atoms with Crippen molar-refractivity contribution in [1.82, 2.24) is 20.4 Å². The van der Waals surface area contributed by atoms with Crippen molar-refractivity contribution < 1.29 is 14.3 Å². The number of rotatable bonds is 8. The van der Waals surface area contributed by atoms with Crippen LogP contribution in [0.2, 0.25) is 5.02 Å². The Labute approximate surface area is 179 Å². The lowest BCUT2D eigenvalue weighted by Gasteiger charge is -2.19. The number of ether oxygens (including phenoxy) is 1. The largest absolute Gasteiger partial charge is 0.430 e. The van der Waals surface area contributed by atoms with Gasteiger partial charge in [-0.05, 0) is 23.8 Å². The van der Waals surface area contributed by atoms with Crippen molar-refractivity contribution >= 4 is 29.4 Å². The SMILES string of the molecule is CNC(=O)CC(NCc1ccccc1Cl)OC(=O)Nc1ccn(-c2ccccc2)n1. The van der Waals surface area contributed by atoms with Crippen molar-refractivity contribution in [2.45, 2.75) is 19.2 Å². The Morgan fingerprint density at radius 1 is 1.10 bits per heavy atom. The van der Waals surface area contributed by atoms with Gasteiger partial charge in [0, 0.05) is 30.9 Å². The molecule has 0 aliphatic rings. The van der Waals surface area contributed by atoms with Gasteiger partial charge in [0.25, 0.3) is 0 Å². The van der Waals surface area contributed by atoms with E-state index in [1.54, 1.807) is 23.0 Å². The van der Waals surface area contributed by atoms with Crippen LogP contribution in [0.3, 0.4) is 0 Å². The van der Waals surface area contributed by atoms with E-state index in [1.807, 2.05) is 48.5 Å². The van der Waals surface area contributed by atoms with Gasteiger partial charge in [-0.25, -0.2) is 9.48 Å². The number of nitrogens with one attached hydrogen (secondary N) is 3. The van der Waals surface area contributed by atoms with Gasteiger partial charge in [-0.15, -0.1) is 5.10 Å². The third-order valence-corrected chi connectivity index (χ3v) is 4.59. The molecule has 0 saturated heterocycles. The van der Waals surface area contributed by atoms with Crippen LogP contribution in [-0.2, 0) is 16.1 Å². The highest BCUT2D eigenvalue weighted by Crippen LogP contribution is 2.15. The van der Waals surface area contributed by atoms with Crippen LogP contribution in [0.15, 0.2) is 66.9 Å². The van der Waals surface area contributed by atoms with E-state index in [-0.39, 0.29) is 12.3 Å². The molecule has 3 N–H and O–H groups in total. The lowest BCUT2D eigenvalue weighted by molar-refractivity contribution is -0.122. The quantitative estimate of drug-likeness (QED) is 0.479. The number of halogens is 1. The van der Waals surface area contributed by atoms with Crippen LogP contribution < -0.4 is 16.0 Å². The van der Waals surface area contributed by atoms with Gasteiger partial charge in [-0.1, -0.05) is 48.0 Å². The van der Waals surface area contributed by atoms with E-state index in [0.29, 0.717) is 17.4 Å². The molecule has 0 bridgehead atoms. The second-order valence-electron chi connectivity index (χ2n) is 6.35. The molecule has 8 nitrogen and oxygen atoms in total. The van der Waals surface area contributed by atoms with E-state index in [4.69, 9.17) is 16.3 Å². The summed E-state index contributed by atoms with van der Waals surface area (Å²) in [5.74, 6) is 0.0569. The molecule has 0 aliphatic carbocycles. The molecule has 1 atom stereocenters. The van der Waals surface area contributed by atoms with Gasteiger partial charge in [0.2, 0.25) is 5.91 Å². The Kier molecular flexibility index (Phi) is 7.42. The minimum absolute atomic E-state index is 0.0488. The van der Waals surface area contributed by atoms with Crippen molar-refractivity contribution in [3.63, 3.8) is 0 Å². The Bertz CT molecular complexity index is 993. The van der Waals surface area contributed by atoms with E-state index < -0.39 is 12.3 Å². The Morgan fingerprint density at radius 3 is 2.57 bits per heavy atom. The second kappa shape index (κ2) is 10.4. The zero-order valence-corrected chi connectivity index (χ0v) is 17.1. The van der Waals surface area contributed by atoms with E-state index in [1.165, 1.54) is 7.05 Å². The van der Waals surface area contributed by atoms with Crippen molar-refractivity contribution in [1.29, 1.82) is 0 Å². The highest BCUT2D eigenvalue weighted by Gasteiger charge is 2.19. The summed E-state index contributed by atoms with van der Waals surface area (Å²) in [6.45, 7) is 0.331. The van der Waals surface area contributed by atoms with E-state index >= 15 is 0 Å². The minimum atomic E-state index is -0.850. The molecule has 0 spiro atoms. The molecule has 0 radical (unpaired) electrons. The van der Waals surface area contributed by atoms with Crippen LogP contribution >= 0.6 is 11.6 Å². The standard InChI is InChI=1S/C21H22ClN5O3/c1-23-19(28)13-20(24-14-15-7-5-6-10-17(15)22)30-21(29)25-18-11-12-27(26-18)16-8-3-2-4-9-16/h2-12,20,24H,13-14H2,1H3,(H,23,28)(H,25,26,29). The number of amides is 2. The van der Waals surface area contributed by atoms with Crippen LogP contribution in [0.4, 0.5) is 10.6 Å². The average molecular weight is 428 g/mol. The molecule has 0 aliphatic heterocycles. The summed E-state index contributed by atoms with van der Waals surface area (Å²) in [5, 5.41) is 13.0. The summed E-state index contributed by atoms with van der Waals surface area (Å²) < 4.78 is 7.02. The molecule has 3 rings (SSSR count). The predicted molar refractivity (Wildman–Crippen MR) is 114 cm³/mol. The number of nitrogens with zero attached hydrogens (tertiary/aromatic N) is 2. The summed E-state index contributed by atoms with van der Waals surface area (Å²) in [5.41, 5.74) is 1.68. The van der Waals surface area contributed by atoms with Crippen LogP contribution in [-0.4, -0.2) is 35.1 Å². The third-order valence-electron chi connectivity index (χ3n) is 4.22. The number of carbonyl (C=O) groups excluding carboxylic acids is 2. The number of carbonyl (C=O) groups is 2. The molecular weight excluding hydrogens is 406 g/mol. The van der Waals surface area contributed by atoms with Crippen LogP contribution in [0.5, 0.6) is 0 Å². The first-order chi connectivity index (χ1) is 14.5. The van der Waals surface area contributed by atoms with E-state index in [9.17, 15) is 9.59 Å². The third kappa shape index (κ3) is 6.07. The first-order valence-electron chi connectivity index (χ1n) is 9.31. The average Bonchev–Trinajstić information content (AvgIpc) is 3.21. The second-order valence-corrected chi connectivity index (χ2v) is 6.76. The van der Waals surface area contributed by atoms with Crippen LogP contribution in [0.25, 0.3) is 5.69 Å². The topological polar surface area (TPSA) is 97.3 Å². The number of hydrogen-bond donors (Lipinski definition) is 3. The Morgan fingerprint density at radius 2 is 1.83 bits per heavy atom. The fourth-order valence-corrected chi connectivity index (χ4v) is 2.87. The van der Waals surface area contributed by atoms with Crippen molar-refractivity contribution in [3.05, 3.63) is 77.4 Å². The summed E-state index contributed by atoms with van der Waals surface area (Å²) in [6, 6.07) is 18.4. The lowest BCUT2D eigenvalue weighted by atomic mass is 10.2. The van der Waals surface area contributed by atoms with Crippen molar-refractivity contribution in [3.8, 4) is 5.69 Å². The van der Waals surface area contributed by atoms with Crippen LogP contribution in [0.1, 0.15) is 12.0 Å². The summed E-state index contributed by atoms with van der Waals surface area (Å²) in [4.78, 5) is 24.1. The van der Waals surface area contributed by atoms with E-state index in [0.717, 1.165) is 11.3 Å². The highest BCUT2D eigenvalue weighted by atomic mass is 35.5. The maximum atomic E-state index is 12.3. The molecular formula is C21H22ClN5O3.